The van der Waals surface area contributed by atoms with Gasteiger partial charge in [-0.3, -0.25) is 4.79 Å². The number of halogens is 1. The van der Waals surface area contributed by atoms with Crippen LogP contribution < -0.4 is 0 Å². The van der Waals surface area contributed by atoms with Crippen molar-refractivity contribution >= 4 is 17.5 Å². The van der Waals surface area contributed by atoms with Crippen molar-refractivity contribution in [3.8, 4) is 0 Å². The molecule has 84 valence electrons. The summed E-state index contributed by atoms with van der Waals surface area (Å²) in [5, 5.41) is 0. The van der Waals surface area contributed by atoms with Gasteiger partial charge in [-0.1, -0.05) is 24.3 Å². The standard InChI is InChI=1S/C13H14ClNO/c14-10-11-5-4-6-12(9-11)13(16)15-7-2-1-3-8-15/h1-2,4-6,9H,3,7-8,10H2. The number of amides is 1. The molecule has 0 N–H and O–H groups in total. The second-order valence-electron chi connectivity index (χ2n) is 3.85. The van der Waals surface area contributed by atoms with E-state index in [4.69, 9.17) is 11.6 Å². The summed E-state index contributed by atoms with van der Waals surface area (Å²) in [6.45, 7) is 1.52. The van der Waals surface area contributed by atoms with Gasteiger partial charge in [-0.15, -0.1) is 11.6 Å². The molecule has 16 heavy (non-hydrogen) atoms. The molecule has 0 bridgehead atoms. The predicted octanol–water partition coefficient (Wildman–Crippen LogP) is 2.83. The van der Waals surface area contributed by atoms with E-state index in [1.807, 2.05) is 35.2 Å². The van der Waals surface area contributed by atoms with Crippen LogP contribution in [0, 0.1) is 0 Å². The maximum atomic E-state index is 12.1. The highest BCUT2D eigenvalue weighted by atomic mass is 35.5. The number of benzene rings is 1. The molecule has 0 atom stereocenters. The van der Waals surface area contributed by atoms with Gasteiger partial charge in [0.1, 0.15) is 0 Å². The second kappa shape index (κ2) is 5.17. The SMILES string of the molecule is O=C(c1cccc(CCl)c1)N1CC=CCC1. The van der Waals surface area contributed by atoms with E-state index in [1.165, 1.54) is 0 Å². The molecule has 0 radical (unpaired) electrons. The summed E-state index contributed by atoms with van der Waals surface area (Å²) in [6, 6.07) is 7.52. The number of hydrogen-bond acceptors (Lipinski definition) is 1. The zero-order valence-electron chi connectivity index (χ0n) is 9.03. The zero-order chi connectivity index (χ0) is 11.4. The van der Waals surface area contributed by atoms with E-state index in [2.05, 4.69) is 6.08 Å². The Morgan fingerprint density at radius 2 is 2.25 bits per heavy atom. The molecule has 1 aromatic carbocycles. The second-order valence-corrected chi connectivity index (χ2v) is 4.11. The maximum Gasteiger partial charge on any atom is 0.254 e. The van der Waals surface area contributed by atoms with E-state index in [9.17, 15) is 4.79 Å². The third kappa shape index (κ3) is 2.45. The largest absolute Gasteiger partial charge is 0.335 e. The molecule has 0 aliphatic carbocycles. The highest BCUT2D eigenvalue weighted by Crippen LogP contribution is 2.12. The highest BCUT2D eigenvalue weighted by molar-refractivity contribution is 6.17. The topological polar surface area (TPSA) is 20.3 Å². The monoisotopic (exact) mass is 235 g/mol. The zero-order valence-corrected chi connectivity index (χ0v) is 9.78. The summed E-state index contributed by atoms with van der Waals surface area (Å²) >= 11 is 5.75. The first-order valence-electron chi connectivity index (χ1n) is 5.40. The fraction of sp³-hybridized carbons (Fsp3) is 0.308. The van der Waals surface area contributed by atoms with Crippen molar-refractivity contribution in [2.45, 2.75) is 12.3 Å². The molecular formula is C13H14ClNO. The van der Waals surface area contributed by atoms with Crippen LogP contribution in [0.1, 0.15) is 22.3 Å². The van der Waals surface area contributed by atoms with Crippen LogP contribution in [-0.2, 0) is 5.88 Å². The molecule has 0 aromatic heterocycles. The Labute approximate surface area is 101 Å². The van der Waals surface area contributed by atoms with E-state index in [0.717, 1.165) is 24.1 Å². The van der Waals surface area contributed by atoms with Crippen molar-refractivity contribution in [2.24, 2.45) is 0 Å². The first kappa shape index (κ1) is 11.2. The van der Waals surface area contributed by atoms with Crippen molar-refractivity contribution in [1.82, 2.24) is 4.90 Å². The quantitative estimate of drug-likeness (QED) is 0.570. The van der Waals surface area contributed by atoms with Crippen LogP contribution in [0.4, 0.5) is 0 Å². The predicted molar refractivity (Wildman–Crippen MR) is 65.7 cm³/mol. The molecule has 1 amide bonds. The van der Waals surface area contributed by atoms with E-state index < -0.39 is 0 Å². The molecule has 2 nitrogen and oxygen atoms in total. The number of hydrogen-bond donors (Lipinski definition) is 0. The summed E-state index contributed by atoms with van der Waals surface area (Å²) in [6.07, 6.45) is 5.09. The average molecular weight is 236 g/mol. The average Bonchev–Trinajstić information content (AvgIpc) is 2.39. The Hall–Kier alpha value is -1.28. The van der Waals surface area contributed by atoms with Gasteiger partial charge in [0, 0.05) is 24.5 Å². The number of carbonyl (C=O) groups is 1. The van der Waals surface area contributed by atoms with E-state index >= 15 is 0 Å². The van der Waals surface area contributed by atoms with Gasteiger partial charge in [0.25, 0.3) is 5.91 Å². The molecule has 1 aliphatic rings. The summed E-state index contributed by atoms with van der Waals surface area (Å²) in [5.74, 6) is 0.539. The minimum Gasteiger partial charge on any atom is -0.335 e. The third-order valence-electron chi connectivity index (χ3n) is 2.67. The Morgan fingerprint density at radius 1 is 1.38 bits per heavy atom. The van der Waals surface area contributed by atoms with Crippen LogP contribution in [0.25, 0.3) is 0 Å². The van der Waals surface area contributed by atoms with Gasteiger partial charge in [-0.05, 0) is 24.1 Å². The normalized spacial score (nSPS) is 15.2. The molecular weight excluding hydrogens is 222 g/mol. The number of alkyl halides is 1. The summed E-state index contributed by atoms with van der Waals surface area (Å²) in [5.41, 5.74) is 1.72. The third-order valence-corrected chi connectivity index (χ3v) is 2.98. The Morgan fingerprint density at radius 3 is 2.94 bits per heavy atom. The smallest absolute Gasteiger partial charge is 0.254 e. The molecule has 0 spiro atoms. The van der Waals surface area contributed by atoms with Gasteiger partial charge in [-0.25, -0.2) is 0 Å². The first-order valence-corrected chi connectivity index (χ1v) is 5.94. The van der Waals surface area contributed by atoms with Crippen molar-refractivity contribution in [3.05, 3.63) is 47.5 Å². The molecule has 3 heteroatoms. The van der Waals surface area contributed by atoms with E-state index in [1.54, 1.807) is 0 Å². The first-order chi connectivity index (χ1) is 7.81. The highest BCUT2D eigenvalue weighted by Gasteiger charge is 2.15. The van der Waals surface area contributed by atoms with Crippen LogP contribution in [0.15, 0.2) is 36.4 Å². The van der Waals surface area contributed by atoms with Crippen LogP contribution in [0.3, 0.4) is 0 Å². The summed E-state index contributed by atoms with van der Waals surface area (Å²) in [4.78, 5) is 14.0. The fourth-order valence-corrected chi connectivity index (χ4v) is 1.96. The number of rotatable bonds is 2. The van der Waals surface area contributed by atoms with E-state index in [0.29, 0.717) is 12.4 Å². The molecule has 1 aliphatic heterocycles. The Kier molecular flexibility index (Phi) is 3.62. The van der Waals surface area contributed by atoms with Crippen molar-refractivity contribution in [2.75, 3.05) is 13.1 Å². The lowest BCUT2D eigenvalue weighted by Gasteiger charge is -2.23. The molecule has 0 fully saturated rings. The molecule has 2 rings (SSSR count). The van der Waals surface area contributed by atoms with Crippen LogP contribution in [-0.4, -0.2) is 23.9 Å². The van der Waals surface area contributed by atoms with Gasteiger partial charge in [0.05, 0.1) is 0 Å². The lowest BCUT2D eigenvalue weighted by Crippen LogP contribution is -2.33. The van der Waals surface area contributed by atoms with Gasteiger partial charge >= 0.3 is 0 Å². The van der Waals surface area contributed by atoms with Gasteiger partial charge < -0.3 is 4.90 Å². The van der Waals surface area contributed by atoms with E-state index in [-0.39, 0.29) is 5.91 Å². The fourth-order valence-electron chi connectivity index (χ4n) is 1.80. The summed E-state index contributed by atoms with van der Waals surface area (Å²) < 4.78 is 0. The van der Waals surface area contributed by atoms with Crippen molar-refractivity contribution < 1.29 is 4.79 Å². The van der Waals surface area contributed by atoms with Crippen molar-refractivity contribution in [3.63, 3.8) is 0 Å². The molecule has 0 saturated carbocycles. The number of nitrogens with zero attached hydrogens (tertiary/aromatic N) is 1. The Bertz CT molecular complexity index is 414. The molecule has 0 unspecified atom stereocenters. The van der Waals surface area contributed by atoms with Crippen LogP contribution in [0.5, 0.6) is 0 Å². The lowest BCUT2D eigenvalue weighted by atomic mass is 10.1. The maximum absolute atomic E-state index is 12.1. The van der Waals surface area contributed by atoms with Crippen LogP contribution in [0.2, 0.25) is 0 Å². The minimum absolute atomic E-state index is 0.0938. The summed E-state index contributed by atoms with van der Waals surface area (Å²) in [7, 11) is 0. The van der Waals surface area contributed by atoms with Gasteiger partial charge in [-0.2, -0.15) is 0 Å². The molecule has 1 aromatic rings. The minimum atomic E-state index is 0.0938. The molecule has 0 saturated heterocycles. The molecule has 1 heterocycles. The lowest BCUT2D eigenvalue weighted by molar-refractivity contribution is 0.0771. The number of carbonyl (C=O) groups excluding carboxylic acids is 1. The van der Waals surface area contributed by atoms with Gasteiger partial charge in [0.2, 0.25) is 0 Å². The Balaban J connectivity index is 2.16. The van der Waals surface area contributed by atoms with Crippen molar-refractivity contribution in [1.29, 1.82) is 0 Å². The van der Waals surface area contributed by atoms with Crippen LogP contribution >= 0.6 is 11.6 Å². The van der Waals surface area contributed by atoms with Gasteiger partial charge in [0.15, 0.2) is 0 Å².